The number of hydrogen-bond acceptors (Lipinski definition) is 3. The van der Waals surface area contributed by atoms with Crippen LogP contribution in [0.15, 0.2) is 52.3 Å². The fourth-order valence-electron chi connectivity index (χ4n) is 1.61. The highest BCUT2D eigenvalue weighted by molar-refractivity contribution is 7.99. The van der Waals surface area contributed by atoms with Gasteiger partial charge in [-0.3, -0.25) is 0 Å². The Morgan fingerprint density at radius 2 is 1.89 bits per heavy atom. The van der Waals surface area contributed by atoms with Crippen LogP contribution in [0.3, 0.4) is 0 Å². The van der Waals surface area contributed by atoms with Crippen LogP contribution < -0.4 is 0 Å². The first-order valence-electron chi connectivity index (χ1n) is 5.73. The van der Waals surface area contributed by atoms with E-state index in [4.69, 9.17) is 5.26 Å². The molecule has 3 heteroatoms. The molecule has 2 aromatic carbocycles. The SMILES string of the molecule is CCc1ccc(Sc2ccc(O)cc2C#N)cc1. The molecular formula is C15H13NOS. The Kier molecular flexibility index (Phi) is 3.91. The van der Waals surface area contributed by atoms with E-state index in [2.05, 4.69) is 37.3 Å². The van der Waals surface area contributed by atoms with Gasteiger partial charge < -0.3 is 5.11 Å². The van der Waals surface area contributed by atoms with Crippen LogP contribution in [-0.4, -0.2) is 5.11 Å². The van der Waals surface area contributed by atoms with Gasteiger partial charge in [-0.15, -0.1) is 0 Å². The Balaban J connectivity index is 2.25. The molecular weight excluding hydrogens is 242 g/mol. The fraction of sp³-hybridized carbons (Fsp3) is 0.133. The predicted octanol–water partition coefficient (Wildman–Crippen LogP) is 3.98. The number of phenols is 1. The number of phenolic OH excluding ortho intramolecular Hbond substituents is 1. The second kappa shape index (κ2) is 5.61. The topological polar surface area (TPSA) is 44.0 Å². The summed E-state index contributed by atoms with van der Waals surface area (Å²) in [6.07, 6.45) is 1.02. The molecule has 2 aromatic rings. The summed E-state index contributed by atoms with van der Waals surface area (Å²) in [6.45, 7) is 2.12. The molecule has 0 spiro atoms. The first-order chi connectivity index (χ1) is 8.72. The second-order valence-electron chi connectivity index (χ2n) is 3.89. The molecule has 0 aromatic heterocycles. The quantitative estimate of drug-likeness (QED) is 0.902. The summed E-state index contributed by atoms with van der Waals surface area (Å²) in [4.78, 5) is 1.95. The van der Waals surface area contributed by atoms with Crippen molar-refractivity contribution in [2.45, 2.75) is 23.1 Å². The molecule has 0 saturated carbocycles. The van der Waals surface area contributed by atoms with Gasteiger partial charge in [-0.2, -0.15) is 5.26 Å². The lowest BCUT2D eigenvalue weighted by molar-refractivity contribution is 0.474. The van der Waals surface area contributed by atoms with E-state index in [1.165, 1.54) is 23.4 Å². The third-order valence-electron chi connectivity index (χ3n) is 2.64. The molecule has 0 saturated heterocycles. The lowest BCUT2D eigenvalue weighted by atomic mass is 10.2. The number of rotatable bonds is 3. The largest absolute Gasteiger partial charge is 0.508 e. The minimum atomic E-state index is 0.122. The lowest BCUT2D eigenvalue weighted by Crippen LogP contribution is -1.82. The predicted molar refractivity (Wildman–Crippen MR) is 72.8 cm³/mol. The van der Waals surface area contributed by atoms with Crippen LogP contribution in [0.2, 0.25) is 0 Å². The first kappa shape index (κ1) is 12.5. The standard InChI is InChI=1S/C15H13NOS/c1-2-11-3-6-14(7-4-11)18-15-8-5-13(17)9-12(15)10-16/h3-9,17H,2H2,1H3. The number of nitriles is 1. The number of aryl methyl sites for hydroxylation is 1. The monoisotopic (exact) mass is 255 g/mol. The van der Waals surface area contributed by atoms with Crippen molar-refractivity contribution in [3.05, 3.63) is 53.6 Å². The summed E-state index contributed by atoms with van der Waals surface area (Å²) in [5, 5.41) is 18.4. The highest BCUT2D eigenvalue weighted by Crippen LogP contribution is 2.32. The van der Waals surface area contributed by atoms with Gasteiger partial charge in [-0.25, -0.2) is 0 Å². The summed E-state index contributed by atoms with van der Waals surface area (Å²) in [6, 6.07) is 15.2. The van der Waals surface area contributed by atoms with Crippen molar-refractivity contribution in [1.29, 1.82) is 5.26 Å². The average Bonchev–Trinajstić information content (AvgIpc) is 2.41. The summed E-state index contributed by atoms with van der Waals surface area (Å²) in [5.41, 5.74) is 1.80. The van der Waals surface area contributed by atoms with Gasteiger partial charge >= 0.3 is 0 Å². The van der Waals surface area contributed by atoms with Crippen molar-refractivity contribution in [2.75, 3.05) is 0 Å². The first-order valence-corrected chi connectivity index (χ1v) is 6.54. The van der Waals surface area contributed by atoms with Crippen LogP contribution in [0, 0.1) is 11.3 Å². The van der Waals surface area contributed by atoms with Gasteiger partial charge in [0.15, 0.2) is 0 Å². The number of aromatic hydroxyl groups is 1. The van der Waals surface area contributed by atoms with E-state index in [0.717, 1.165) is 16.2 Å². The van der Waals surface area contributed by atoms with Crippen LogP contribution in [0.5, 0.6) is 5.75 Å². The number of hydrogen-bond donors (Lipinski definition) is 1. The summed E-state index contributed by atoms with van der Waals surface area (Å²) >= 11 is 1.53. The van der Waals surface area contributed by atoms with Crippen LogP contribution in [0.1, 0.15) is 18.1 Å². The Bertz CT molecular complexity index is 584. The van der Waals surface area contributed by atoms with Crippen molar-refractivity contribution < 1.29 is 5.11 Å². The number of nitrogens with zero attached hydrogens (tertiary/aromatic N) is 1. The van der Waals surface area contributed by atoms with Crippen molar-refractivity contribution in [2.24, 2.45) is 0 Å². The molecule has 0 bridgehead atoms. The lowest BCUT2D eigenvalue weighted by Gasteiger charge is -2.05. The van der Waals surface area contributed by atoms with E-state index in [0.29, 0.717) is 5.56 Å². The van der Waals surface area contributed by atoms with Crippen LogP contribution in [-0.2, 0) is 6.42 Å². The highest BCUT2D eigenvalue weighted by Gasteiger charge is 2.05. The molecule has 0 amide bonds. The molecule has 0 atom stereocenters. The molecule has 2 nitrogen and oxygen atoms in total. The van der Waals surface area contributed by atoms with E-state index in [1.54, 1.807) is 12.1 Å². The normalized spacial score (nSPS) is 10.0. The molecule has 0 aliphatic rings. The van der Waals surface area contributed by atoms with Gasteiger partial charge in [0.1, 0.15) is 11.8 Å². The summed E-state index contributed by atoms with van der Waals surface area (Å²) < 4.78 is 0. The Hall–Kier alpha value is -1.92. The molecule has 0 unspecified atom stereocenters. The Labute approximate surface area is 111 Å². The van der Waals surface area contributed by atoms with Crippen molar-refractivity contribution in [1.82, 2.24) is 0 Å². The van der Waals surface area contributed by atoms with Crippen molar-refractivity contribution in [3.63, 3.8) is 0 Å². The highest BCUT2D eigenvalue weighted by atomic mass is 32.2. The van der Waals surface area contributed by atoms with E-state index < -0.39 is 0 Å². The molecule has 90 valence electrons. The molecule has 0 heterocycles. The average molecular weight is 255 g/mol. The zero-order valence-corrected chi connectivity index (χ0v) is 10.9. The fourth-order valence-corrected chi connectivity index (χ4v) is 2.49. The van der Waals surface area contributed by atoms with Gasteiger partial charge in [0.05, 0.1) is 5.56 Å². The minimum Gasteiger partial charge on any atom is -0.508 e. The maximum absolute atomic E-state index is 9.34. The van der Waals surface area contributed by atoms with E-state index in [-0.39, 0.29) is 5.75 Å². The van der Waals surface area contributed by atoms with Crippen LogP contribution >= 0.6 is 11.8 Å². The molecule has 1 N–H and O–H groups in total. The molecule has 2 rings (SSSR count). The van der Waals surface area contributed by atoms with Gasteiger partial charge in [0.25, 0.3) is 0 Å². The molecule has 0 aliphatic carbocycles. The van der Waals surface area contributed by atoms with Gasteiger partial charge in [0.2, 0.25) is 0 Å². The summed E-state index contributed by atoms with van der Waals surface area (Å²) in [5.74, 6) is 0.122. The Morgan fingerprint density at radius 1 is 1.17 bits per heavy atom. The third-order valence-corrected chi connectivity index (χ3v) is 3.73. The van der Waals surface area contributed by atoms with Crippen LogP contribution in [0.25, 0.3) is 0 Å². The second-order valence-corrected chi connectivity index (χ2v) is 5.01. The maximum atomic E-state index is 9.34. The Morgan fingerprint density at radius 3 is 2.50 bits per heavy atom. The minimum absolute atomic E-state index is 0.122. The zero-order chi connectivity index (χ0) is 13.0. The number of benzene rings is 2. The molecule has 18 heavy (non-hydrogen) atoms. The van der Waals surface area contributed by atoms with E-state index in [9.17, 15) is 5.11 Å². The van der Waals surface area contributed by atoms with E-state index >= 15 is 0 Å². The van der Waals surface area contributed by atoms with Gasteiger partial charge in [-0.05, 0) is 42.3 Å². The smallest absolute Gasteiger partial charge is 0.116 e. The molecule has 0 radical (unpaired) electrons. The van der Waals surface area contributed by atoms with Crippen molar-refractivity contribution >= 4 is 11.8 Å². The zero-order valence-electron chi connectivity index (χ0n) is 10.1. The third kappa shape index (κ3) is 2.85. The van der Waals surface area contributed by atoms with E-state index in [1.807, 2.05) is 0 Å². The van der Waals surface area contributed by atoms with Gasteiger partial charge in [0, 0.05) is 9.79 Å². The molecule has 0 aliphatic heterocycles. The maximum Gasteiger partial charge on any atom is 0.116 e. The summed E-state index contributed by atoms with van der Waals surface area (Å²) in [7, 11) is 0. The molecule has 0 fully saturated rings. The van der Waals surface area contributed by atoms with Crippen molar-refractivity contribution in [3.8, 4) is 11.8 Å². The van der Waals surface area contributed by atoms with Crippen LogP contribution in [0.4, 0.5) is 0 Å². The van der Waals surface area contributed by atoms with Gasteiger partial charge in [-0.1, -0.05) is 30.8 Å².